The van der Waals surface area contributed by atoms with Crippen LogP contribution in [0, 0.1) is 0 Å². The van der Waals surface area contributed by atoms with E-state index in [0.29, 0.717) is 5.69 Å². The van der Waals surface area contributed by atoms with Crippen molar-refractivity contribution < 1.29 is 12.8 Å². The molecule has 0 unspecified atom stereocenters. The van der Waals surface area contributed by atoms with E-state index in [0.717, 1.165) is 16.9 Å². The third-order valence-corrected chi connectivity index (χ3v) is 4.17. The van der Waals surface area contributed by atoms with Crippen LogP contribution < -0.4 is 5.14 Å². The van der Waals surface area contributed by atoms with Gasteiger partial charge < -0.3 is 4.42 Å². The van der Waals surface area contributed by atoms with Gasteiger partial charge in [-0.2, -0.15) is 0 Å². The molecule has 1 aromatic heterocycles. The Kier molecular flexibility index (Phi) is 4.10. The predicted octanol–water partition coefficient (Wildman–Crippen LogP) is 3.34. The van der Waals surface area contributed by atoms with E-state index in [1.165, 1.54) is 12.1 Å². The monoisotopic (exact) mass is 326 g/mol. The lowest BCUT2D eigenvalue weighted by Gasteiger charge is -1.99. The van der Waals surface area contributed by atoms with E-state index in [4.69, 9.17) is 9.56 Å². The fraction of sp³-hybridized carbons (Fsp3) is 0. The highest BCUT2D eigenvalue weighted by Gasteiger charge is 2.06. The zero-order valence-corrected chi connectivity index (χ0v) is 12.9. The van der Waals surface area contributed by atoms with Crippen molar-refractivity contribution in [2.75, 3.05) is 0 Å². The maximum Gasteiger partial charge on any atom is 0.238 e. The highest BCUT2D eigenvalue weighted by atomic mass is 32.2. The molecule has 0 atom stereocenters. The molecule has 0 bridgehead atoms. The fourth-order valence-corrected chi connectivity index (χ4v) is 2.56. The summed E-state index contributed by atoms with van der Waals surface area (Å²) in [7, 11) is -3.67. The molecule has 0 spiro atoms. The lowest BCUT2D eigenvalue weighted by molar-refractivity contribution is 0.582. The normalized spacial score (nSPS) is 11.9. The molecule has 3 aromatic rings. The molecule has 116 valence electrons. The van der Waals surface area contributed by atoms with Crippen LogP contribution in [0.25, 0.3) is 11.3 Å². The van der Waals surface area contributed by atoms with Gasteiger partial charge in [0.1, 0.15) is 5.76 Å². The number of aliphatic imine (C=N–C) groups is 1. The predicted molar refractivity (Wildman–Crippen MR) is 89.2 cm³/mol. The molecule has 0 aliphatic carbocycles. The van der Waals surface area contributed by atoms with Crippen LogP contribution in [0.4, 0.5) is 5.69 Å². The lowest BCUT2D eigenvalue weighted by Crippen LogP contribution is -2.11. The van der Waals surface area contributed by atoms with Crippen LogP contribution in [0.2, 0.25) is 0 Å². The van der Waals surface area contributed by atoms with Crippen molar-refractivity contribution in [1.29, 1.82) is 0 Å². The molecule has 0 aliphatic heterocycles. The van der Waals surface area contributed by atoms with E-state index in [9.17, 15) is 8.42 Å². The molecule has 1 heterocycles. The summed E-state index contributed by atoms with van der Waals surface area (Å²) in [5, 5.41) is 5.05. The number of rotatable bonds is 4. The number of primary sulfonamides is 1. The van der Waals surface area contributed by atoms with Gasteiger partial charge in [0.15, 0.2) is 0 Å². The first-order chi connectivity index (χ1) is 11.0. The number of benzene rings is 2. The molecule has 6 heteroatoms. The summed E-state index contributed by atoms with van der Waals surface area (Å²) < 4.78 is 27.7. The van der Waals surface area contributed by atoms with Crippen LogP contribution in [-0.2, 0) is 10.0 Å². The first-order valence-electron chi connectivity index (χ1n) is 6.83. The van der Waals surface area contributed by atoms with Gasteiger partial charge in [0, 0.05) is 11.8 Å². The van der Waals surface area contributed by atoms with Crippen molar-refractivity contribution in [2.24, 2.45) is 10.1 Å². The number of furan rings is 1. The van der Waals surface area contributed by atoms with Gasteiger partial charge in [-0.15, -0.1) is 0 Å². The molecular formula is C17H14N2O3S. The van der Waals surface area contributed by atoms with Crippen molar-refractivity contribution >= 4 is 21.9 Å². The third kappa shape index (κ3) is 3.74. The number of nitrogens with zero attached hydrogens (tertiary/aromatic N) is 1. The minimum absolute atomic E-state index is 0.0688. The van der Waals surface area contributed by atoms with Gasteiger partial charge in [0.25, 0.3) is 0 Å². The standard InChI is InChI=1S/C17H14N2O3S/c18-23(20,21)16-9-7-15(8-10-16)19-12-13-3-5-14(6-4-13)17-2-1-11-22-17/h1-12H,(H2,18,20,21)/b19-12+. The van der Waals surface area contributed by atoms with Crippen LogP contribution in [0.1, 0.15) is 5.56 Å². The summed E-state index contributed by atoms with van der Waals surface area (Å²) in [6.07, 6.45) is 3.34. The minimum Gasteiger partial charge on any atom is -0.464 e. The van der Waals surface area contributed by atoms with E-state index in [2.05, 4.69) is 4.99 Å². The van der Waals surface area contributed by atoms with Crippen LogP contribution in [-0.4, -0.2) is 14.6 Å². The van der Waals surface area contributed by atoms with Crippen molar-refractivity contribution in [1.82, 2.24) is 0 Å². The first kappa shape index (κ1) is 15.2. The first-order valence-corrected chi connectivity index (χ1v) is 8.38. The molecule has 2 N–H and O–H groups in total. The number of hydrogen-bond donors (Lipinski definition) is 1. The Balaban J connectivity index is 1.75. The second-order valence-electron chi connectivity index (χ2n) is 4.90. The summed E-state index contributed by atoms with van der Waals surface area (Å²) in [5.41, 5.74) is 2.56. The van der Waals surface area contributed by atoms with Crippen LogP contribution in [0.5, 0.6) is 0 Å². The van der Waals surface area contributed by atoms with Crippen molar-refractivity contribution in [2.45, 2.75) is 4.90 Å². The SMILES string of the molecule is NS(=O)(=O)c1ccc(/N=C/c2ccc(-c3ccco3)cc2)cc1. The van der Waals surface area contributed by atoms with Crippen LogP contribution >= 0.6 is 0 Å². The average molecular weight is 326 g/mol. The maximum atomic E-state index is 11.2. The van der Waals surface area contributed by atoms with Gasteiger partial charge in [-0.3, -0.25) is 4.99 Å². The minimum atomic E-state index is -3.67. The Morgan fingerprint density at radius 3 is 2.22 bits per heavy atom. The number of nitrogens with two attached hydrogens (primary N) is 1. The van der Waals surface area contributed by atoms with Gasteiger partial charge in [0.2, 0.25) is 10.0 Å². The molecule has 0 radical (unpaired) electrons. The Labute approximate surface area is 134 Å². The van der Waals surface area contributed by atoms with E-state index in [1.807, 2.05) is 36.4 Å². The van der Waals surface area contributed by atoms with Gasteiger partial charge >= 0.3 is 0 Å². The second kappa shape index (κ2) is 6.20. The Morgan fingerprint density at radius 2 is 1.65 bits per heavy atom. The van der Waals surface area contributed by atoms with Crippen LogP contribution in [0.3, 0.4) is 0 Å². The Morgan fingerprint density at radius 1 is 0.957 bits per heavy atom. The molecule has 3 rings (SSSR count). The molecule has 2 aromatic carbocycles. The molecule has 5 nitrogen and oxygen atoms in total. The van der Waals surface area contributed by atoms with E-state index < -0.39 is 10.0 Å². The van der Waals surface area contributed by atoms with Crippen LogP contribution in [0.15, 0.2) is 81.2 Å². The van der Waals surface area contributed by atoms with Crippen molar-refractivity contribution in [3.63, 3.8) is 0 Å². The molecule has 0 aliphatic rings. The maximum absolute atomic E-state index is 11.2. The van der Waals surface area contributed by atoms with Gasteiger partial charge in [0.05, 0.1) is 16.8 Å². The number of sulfonamides is 1. The molecule has 0 saturated heterocycles. The summed E-state index contributed by atoms with van der Waals surface area (Å²) >= 11 is 0. The molecule has 23 heavy (non-hydrogen) atoms. The largest absolute Gasteiger partial charge is 0.464 e. The Hall–Kier alpha value is -2.70. The zero-order chi connectivity index (χ0) is 16.3. The summed E-state index contributed by atoms with van der Waals surface area (Å²) in [6, 6.07) is 17.6. The highest BCUT2D eigenvalue weighted by molar-refractivity contribution is 7.89. The highest BCUT2D eigenvalue weighted by Crippen LogP contribution is 2.20. The third-order valence-electron chi connectivity index (χ3n) is 3.24. The smallest absolute Gasteiger partial charge is 0.238 e. The Bertz CT molecular complexity index is 911. The van der Waals surface area contributed by atoms with Gasteiger partial charge in [-0.1, -0.05) is 24.3 Å². The summed E-state index contributed by atoms with van der Waals surface area (Å²) in [5.74, 6) is 0.812. The van der Waals surface area contributed by atoms with Crippen molar-refractivity contribution in [3.8, 4) is 11.3 Å². The second-order valence-corrected chi connectivity index (χ2v) is 6.46. The quantitative estimate of drug-likeness (QED) is 0.746. The zero-order valence-electron chi connectivity index (χ0n) is 12.1. The summed E-state index contributed by atoms with van der Waals surface area (Å²) in [6.45, 7) is 0. The topological polar surface area (TPSA) is 85.7 Å². The molecular weight excluding hydrogens is 312 g/mol. The summed E-state index contributed by atoms with van der Waals surface area (Å²) in [4.78, 5) is 4.38. The molecule has 0 fully saturated rings. The average Bonchev–Trinajstić information content (AvgIpc) is 3.07. The van der Waals surface area contributed by atoms with E-state index in [1.54, 1.807) is 24.6 Å². The molecule has 0 amide bonds. The van der Waals surface area contributed by atoms with Gasteiger partial charge in [-0.25, -0.2) is 13.6 Å². The lowest BCUT2D eigenvalue weighted by atomic mass is 10.1. The van der Waals surface area contributed by atoms with Gasteiger partial charge in [-0.05, 0) is 42.0 Å². The number of hydrogen-bond acceptors (Lipinski definition) is 4. The van der Waals surface area contributed by atoms with E-state index >= 15 is 0 Å². The fourth-order valence-electron chi connectivity index (χ4n) is 2.05. The molecule has 0 saturated carbocycles. The van der Waals surface area contributed by atoms with E-state index in [-0.39, 0.29) is 4.90 Å². The van der Waals surface area contributed by atoms with Crippen molar-refractivity contribution in [3.05, 3.63) is 72.5 Å².